The third-order valence-electron chi connectivity index (χ3n) is 5.36. The summed E-state index contributed by atoms with van der Waals surface area (Å²) in [6, 6.07) is 7.41. The maximum atomic E-state index is 12.8. The number of amides is 2. The van der Waals surface area contributed by atoms with Gasteiger partial charge in [-0.1, -0.05) is 25.0 Å². The first-order valence-corrected chi connectivity index (χ1v) is 8.46. The van der Waals surface area contributed by atoms with Gasteiger partial charge < -0.3 is 16.0 Å². The number of hydrogen-bond acceptors (Lipinski definition) is 3. The molecule has 24 heavy (non-hydrogen) atoms. The molecule has 0 unspecified atom stereocenters. The summed E-state index contributed by atoms with van der Waals surface area (Å²) >= 11 is 0. The first kappa shape index (κ1) is 18.7. The van der Waals surface area contributed by atoms with Crippen molar-refractivity contribution >= 4 is 24.2 Å². The van der Waals surface area contributed by atoms with Crippen molar-refractivity contribution in [3.8, 4) is 0 Å². The van der Waals surface area contributed by atoms with E-state index in [4.69, 9.17) is 0 Å². The number of rotatable bonds is 4. The number of carbonyl (C=O) groups excluding carboxylic acids is 2. The van der Waals surface area contributed by atoms with Crippen LogP contribution in [0.4, 0.5) is 0 Å². The molecule has 2 aliphatic rings. The van der Waals surface area contributed by atoms with E-state index in [0.29, 0.717) is 18.0 Å². The second-order valence-corrected chi connectivity index (χ2v) is 6.69. The Balaban J connectivity index is 0.00000208. The summed E-state index contributed by atoms with van der Waals surface area (Å²) in [6.45, 7) is 2.22. The van der Waals surface area contributed by atoms with Gasteiger partial charge in [0.1, 0.15) is 0 Å². The minimum atomic E-state index is -0.226. The highest BCUT2D eigenvalue weighted by Gasteiger charge is 2.49. The third-order valence-corrected chi connectivity index (χ3v) is 5.36. The van der Waals surface area contributed by atoms with Gasteiger partial charge in [-0.15, -0.1) is 12.4 Å². The standard InChI is InChI=1S/C18H25N3O2.ClH/c1-19-16(22)14-6-4-5-13(9-14)10-21-17(23)18-8-3-2-7-15(18)11-20-12-18;/h4-6,9,15,20H,2-3,7-8,10-12H2,1H3,(H,19,22)(H,21,23);1H/t15-,18+;/m0./s1. The first-order valence-electron chi connectivity index (χ1n) is 8.46. The van der Waals surface area contributed by atoms with E-state index in [2.05, 4.69) is 16.0 Å². The predicted molar refractivity (Wildman–Crippen MR) is 96.2 cm³/mol. The molecule has 3 rings (SSSR count). The van der Waals surface area contributed by atoms with E-state index in [1.807, 2.05) is 18.2 Å². The summed E-state index contributed by atoms with van der Waals surface area (Å²) < 4.78 is 0. The maximum Gasteiger partial charge on any atom is 0.251 e. The van der Waals surface area contributed by atoms with Gasteiger partial charge in [-0.3, -0.25) is 9.59 Å². The number of hydrogen-bond donors (Lipinski definition) is 3. The van der Waals surface area contributed by atoms with Crippen LogP contribution in [0.25, 0.3) is 0 Å². The monoisotopic (exact) mass is 351 g/mol. The predicted octanol–water partition coefficient (Wildman–Crippen LogP) is 1.86. The number of halogens is 1. The van der Waals surface area contributed by atoms with Crippen molar-refractivity contribution in [3.05, 3.63) is 35.4 Å². The maximum absolute atomic E-state index is 12.8. The fourth-order valence-corrected chi connectivity index (χ4v) is 4.02. The van der Waals surface area contributed by atoms with Gasteiger partial charge in [0.15, 0.2) is 0 Å². The van der Waals surface area contributed by atoms with Gasteiger partial charge in [-0.05, 0) is 43.0 Å². The molecule has 132 valence electrons. The molecule has 0 radical (unpaired) electrons. The molecule has 0 aromatic heterocycles. The molecular formula is C18H26ClN3O2. The Morgan fingerprint density at radius 3 is 2.96 bits per heavy atom. The summed E-state index contributed by atoms with van der Waals surface area (Å²) in [4.78, 5) is 24.5. The normalized spacial score (nSPS) is 25.3. The van der Waals surface area contributed by atoms with Crippen LogP contribution >= 0.6 is 12.4 Å². The molecule has 1 aromatic carbocycles. The highest BCUT2D eigenvalue weighted by Crippen LogP contribution is 2.43. The average Bonchev–Trinajstić information content (AvgIpc) is 3.04. The zero-order valence-corrected chi connectivity index (χ0v) is 14.9. The largest absolute Gasteiger partial charge is 0.355 e. The first-order chi connectivity index (χ1) is 11.2. The van der Waals surface area contributed by atoms with Crippen LogP contribution < -0.4 is 16.0 Å². The van der Waals surface area contributed by atoms with E-state index >= 15 is 0 Å². The Morgan fingerprint density at radius 1 is 1.33 bits per heavy atom. The molecule has 3 N–H and O–H groups in total. The molecule has 0 bridgehead atoms. The lowest BCUT2D eigenvalue weighted by atomic mass is 9.67. The Morgan fingerprint density at radius 2 is 2.17 bits per heavy atom. The molecule has 1 saturated heterocycles. The summed E-state index contributed by atoms with van der Waals surface area (Å²) in [7, 11) is 1.62. The van der Waals surface area contributed by atoms with E-state index in [0.717, 1.165) is 37.9 Å². The molecule has 1 aliphatic heterocycles. The lowest BCUT2D eigenvalue weighted by Crippen LogP contribution is -2.47. The molecule has 0 spiro atoms. The van der Waals surface area contributed by atoms with Gasteiger partial charge in [0.2, 0.25) is 5.91 Å². The van der Waals surface area contributed by atoms with Crippen LogP contribution in [0.5, 0.6) is 0 Å². The second-order valence-electron chi connectivity index (χ2n) is 6.69. The number of nitrogens with one attached hydrogen (secondary N) is 3. The molecule has 6 heteroatoms. The summed E-state index contributed by atoms with van der Waals surface area (Å²) in [5.74, 6) is 0.523. The van der Waals surface area contributed by atoms with Crippen LogP contribution in [0.3, 0.4) is 0 Å². The van der Waals surface area contributed by atoms with E-state index in [1.165, 1.54) is 6.42 Å². The topological polar surface area (TPSA) is 70.2 Å². The number of fused-ring (bicyclic) bond motifs is 1. The van der Waals surface area contributed by atoms with E-state index in [-0.39, 0.29) is 29.6 Å². The Kier molecular flexibility index (Phi) is 6.24. The zero-order valence-electron chi connectivity index (χ0n) is 14.1. The van der Waals surface area contributed by atoms with Gasteiger partial charge in [0.25, 0.3) is 5.91 Å². The quantitative estimate of drug-likeness (QED) is 0.775. The van der Waals surface area contributed by atoms with Gasteiger partial charge in [-0.25, -0.2) is 0 Å². The molecule has 5 nitrogen and oxygen atoms in total. The van der Waals surface area contributed by atoms with Crippen molar-refractivity contribution in [2.75, 3.05) is 20.1 Å². The molecule has 2 amide bonds. The highest BCUT2D eigenvalue weighted by molar-refractivity contribution is 5.94. The Labute approximate surface area is 149 Å². The molecule has 1 saturated carbocycles. The highest BCUT2D eigenvalue weighted by atomic mass is 35.5. The average molecular weight is 352 g/mol. The van der Waals surface area contributed by atoms with Crippen LogP contribution in [0.2, 0.25) is 0 Å². The minimum Gasteiger partial charge on any atom is -0.355 e. The molecular weight excluding hydrogens is 326 g/mol. The lowest BCUT2D eigenvalue weighted by molar-refractivity contribution is -0.134. The number of carbonyl (C=O) groups is 2. The molecule has 2 atom stereocenters. The summed E-state index contributed by atoms with van der Waals surface area (Å²) in [5, 5.41) is 9.13. The summed E-state index contributed by atoms with van der Waals surface area (Å²) in [5.41, 5.74) is 1.35. The van der Waals surface area contributed by atoms with Crippen molar-refractivity contribution < 1.29 is 9.59 Å². The Hall–Kier alpha value is -1.59. The van der Waals surface area contributed by atoms with Crippen LogP contribution in [-0.2, 0) is 11.3 Å². The fourth-order valence-electron chi connectivity index (χ4n) is 4.02. The SMILES string of the molecule is CNC(=O)c1cccc(CNC(=O)[C@@]23CCCC[C@H]2CNC3)c1.Cl. The minimum absolute atomic E-state index is 0. The van der Waals surface area contributed by atoms with Gasteiger partial charge in [0, 0.05) is 25.7 Å². The van der Waals surface area contributed by atoms with Gasteiger partial charge in [-0.2, -0.15) is 0 Å². The smallest absolute Gasteiger partial charge is 0.251 e. The van der Waals surface area contributed by atoms with E-state index in [1.54, 1.807) is 13.1 Å². The van der Waals surface area contributed by atoms with Crippen molar-refractivity contribution in [2.45, 2.75) is 32.2 Å². The fraction of sp³-hybridized carbons (Fsp3) is 0.556. The van der Waals surface area contributed by atoms with Crippen molar-refractivity contribution in [3.63, 3.8) is 0 Å². The van der Waals surface area contributed by atoms with Crippen molar-refractivity contribution in [1.29, 1.82) is 0 Å². The van der Waals surface area contributed by atoms with E-state index < -0.39 is 0 Å². The van der Waals surface area contributed by atoms with Crippen molar-refractivity contribution in [1.82, 2.24) is 16.0 Å². The van der Waals surface area contributed by atoms with Crippen LogP contribution in [-0.4, -0.2) is 32.0 Å². The molecule has 1 aromatic rings. The summed E-state index contributed by atoms with van der Waals surface area (Å²) in [6.07, 6.45) is 4.49. The van der Waals surface area contributed by atoms with Crippen LogP contribution in [0.1, 0.15) is 41.6 Å². The van der Waals surface area contributed by atoms with Crippen LogP contribution in [0, 0.1) is 11.3 Å². The van der Waals surface area contributed by atoms with E-state index in [9.17, 15) is 9.59 Å². The zero-order chi connectivity index (χ0) is 16.3. The second kappa shape index (κ2) is 7.99. The van der Waals surface area contributed by atoms with Gasteiger partial charge >= 0.3 is 0 Å². The molecule has 1 aliphatic carbocycles. The third kappa shape index (κ3) is 3.57. The van der Waals surface area contributed by atoms with Crippen molar-refractivity contribution in [2.24, 2.45) is 11.3 Å². The molecule has 2 fully saturated rings. The lowest BCUT2D eigenvalue weighted by Gasteiger charge is -2.37. The number of benzene rings is 1. The Bertz CT molecular complexity index is 608. The van der Waals surface area contributed by atoms with Crippen LogP contribution in [0.15, 0.2) is 24.3 Å². The van der Waals surface area contributed by atoms with Gasteiger partial charge in [0.05, 0.1) is 5.41 Å². The molecule has 1 heterocycles.